The lowest BCUT2D eigenvalue weighted by Gasteiger charge is -2.42. The molecule has 0 aromatic carbocycles. The summed E-state index contributed by atoms with van der Waals surface area (Å²) >= 11 is 0. The molecule has 0 aromatic rings. The van der Waals surface area contributed by atoms with Crippen LogP contribution in [0.5, 0.6) is 0 Å². The van der Waals surface area contributed by atoms with Crippen LogP contribution in [0.1, 0.15) is 26.7 Å². The fraction of sp³-hybridized carbons (Fsp3) is 1.00. The molecule has 0 radical (unpaired) electrons. The van der Waals surface area contributed by atoms with Gasteiger partial charge in [-0.25, -0.2) is 0 Å². The minimum atomic E-state index is -8.56. The molecule has 0 aliphatic rings. The Balaban J connectivity index is 0. The Morgan fingerprint density at radius 2 is 0.296 bits per heavy atom. The van der Waals surface area contributed by atoms with Crippen molar-refractivity contribution >= 4 is 0 Å². The summed E-state index contributed by atoms with van der Waals surface area (Å²) in [4.78, 5) is 0. The maximum atomic E-state index is 13.1. The van der Waals surface area contributed by atoms with Crippen molar-refractivity contribution in [1.82, 2.24) is 0 Å². The molecule has 0 atom stereocenters. The number of hydrogen-bond donors (Lipinski definition) is 0. The van der Waals surface area contributed by atoms with Gasteiger partial charge < -0.3 is 0 Å². The van der Waals surface area contributed by atoms with Crippen LogP contribution >= 0.6 is 0 Å². The van der Waals surface area contributed by atoms with Gasteiger partial charge in [-0.2, -0.15) is 149 Å². The molecule has 0 bridgehead atoms. The molecular weight excluding hydrogens is 886 g/mol. The van der Waals surface area contributed by atoms with E-state index in [0.29, 0.717) is 0 Å². The van der Waals surface area contributed by atoms with E-state index in [9.17, 15) is 149 Å². The summed E-state index contributed by atoms with van der Waals surface area (Å²) in [5.41, 5.74) is 0. The molecule has 0 nitrogen and oxygen atoms in total. The Bertz CT molecular complexity index is 1170. The summed E-state index contributed by atoms with van der Waals surface area (Å²) in [7, 11) is 0. The highest BCUT2D eigenvalue weighted by Gasteiger charge is 2.96. The van der Waals surface area contributed by atoms with Gasteiger partial charge in [0.1, 0.15) is 0 Å². The molecule has 0 amide bonds. The second kappa shape index (κ2) is 13.6. The zero-order valence-electron chi connectivity index (χ0n) is 24.3. The first kappa shape index (κ1) is 53.7. The van der Waals surface area contributed by atoms with Gasteiger partial charge >= 0.3 is 95.3 Å². The third-order valence-electron chi connectivity index (χ3n) is 6.46. The zero-order chi connectivity index (χ0) is 45.4. The normalized spacial score (nSPS) is 16.7. The number of rotatable bonds is 14. The van der Waals surface area contributed by atoms with Crippen molar-refractivity contribution in [2.45, 2.75) is 122 Å². The van der Waals surface area contributed by atoms with Crippen molar-refractivity contribution in [3.8, 4) is 0 Å². The van der Waals surface area contributed by atoms with Crippen LogP contribution in [-0.4, -0.2) is 95.3 Å². The monoisotopic (exact) mass is 896 g/mol. The fourth-order valence-corrected chi connectivity index (χ4v) is 2.84. The highest BCUT2D eigenvalue weighted by atomic mass is 19.4. The lowest BCUT2D eigenvalue weighted by molar-refractivity contribution is -0.461. The number of halogens is 34. The summed E-state index contributed by atoms with van der Waals surface area (Å²) in [5, 5.41) is 0. The average Bonchev–Trinajstić information content (AvgIpc) is 2.94. The maximum absolute atomic E-state index is 13.1. The van der Waals surface area contributed by atoms with Crippen LogP contribution in [0.15, 0.2) is 0 Å². The minimum absolute atomic E-state index is 0.0628. The second-order valence-electron chi connectivity index (χ2n) is 10.0. The molecule has 0 fully saturated rings. The van der Waals surface area contributed by atoms with E-state index in [-0.39, 0.29) is 13.8 Å². The molecule has 0 aliphatic heterocycles. The first-order chi connectivity index (χ1) is 22.6. The van der Waals surface area contributed by atoms with Crippen LogP contribution in [0.3, 0.4) is 0 Å². The van der Waals surface area contributed by atoms with Gasteiger partial charge in [0.25, 0.3) is 0 Å². The predicted molar refractivity (Wildman–Crippen MR) is 102 cm³/mol. The minimum Gasteiger partial charge on any atom is -0.200 e. The van der Waals surface area contributed by atoms with E-state index < -0.39 is 108 Å². The van der Waals surface area contributed by atoms with Crippen molar-refractivity contribution in [3.05, 3.63) is 0 Å². The Labute approximate surface area is 272 Å². The lowest BCUT2D eigenvalue weighted by atomic mass is 9.88. The van der Waals surface area contributed by atoms with Gasteiger partial charge in [0.15, 0.2) is 0 Å². The third kappa shape index (κ3) is 6.98. The molecule has 0 unspecified atom stereocenters. The van der Waals surface area contributed by atoms with Gasteiger partial charge in [-0.1, -0.05) is 13.8 Å². The van der Waals surface area contributed by atoms with Crippen LogP contribution in [0.4, 0.5) is 149 Å². The van der Waals surface area contributed by atoms with E-state index in [4.69, 9.17) is 0 Å². The van der Waals surface area contributed by atoms with Gasteiger partial charge in [-0.05, 0) is 0 Å². The molecule has 34 heteroatoms. The molecule has 0 saturated carbocycles. The summed E-state index contributed by atoms with van der Waals surface area (Å²) in [6.07, 6.45) is -20.4. The van der Waals surface area contributed by atoms with Gasteiger partial charge in [0, 0.05) is 12.8 Å². The van der Waals surface area contributed by atoms with Crippen molar-refractivity contribution in [1.29, 1.82) is 0 Å². The van der Waals surface area contributed by atoms with E-state index >= 15 is 0 Å². The van der Waals surface area contributed by atoms with Crippen LogP contribution in [0.25, 0.3) is 0 Å². The second-order valence-corrected chi connectivity index (χ2v) is 10.0. The molecule has 0 saturated heterocycles. The van der Waals surface area contributed by atoms with E-state index in [2.05, 4.69) is 0 Å². The molecule has 0 heterocycles. The summed E-state index contributed by atoms with van der Waals surface area (Å²) < 4.78 is 431. The molecule has 0 rings (SSSR count). The maximum Gasteiger partial charge on any atom is 0.460 e. The molecule has 328 valence electrons. The topological polar surface area (TPSA) is 0 Å². The van der Waals surface area contributed by atoms with Crippen LogP contribution in [-0.2, 0) is 0 Å². The van der Waals surface area contributed by atoms with Crippen molar-refractivity contribution in [2.75, 3.05) is 0 Å². The van der Waals surface area contributed by atoms with E-state index in [0.717, 1.165) is 0 Å². The highest BCUT2D eigenvalue weighted by Crippen LogP contribution is 2.66. The molecule has 0 spiro atoms. The summed E-state index contributed by atoms with van der Waals surface area (Å²) in [5.74, 6) is -111. The van der Waals surface area contributed by atoms with E-state index in [1.807, 2.05) is 0 Å². The van der Waals surface area contributed by atoms with Crippen LogP contribution in [0.2, 0.25) is 0 Å². The smallest absolute Gasteiger partial charge is 0.200 e. The average molecular weight is 896 g/mol. The summed E-state index contributed by atoms with van der Waals surface area (Å²) in [6, 6.07) is 0. The zero-order valence-corrected chi connectivity index (χ0v) is 24.3. The fourth-order valence-electron chi connectivity index (χ4n) is 2.84. The predicted octanol–water partition coefficient (Wildman–Crippen LogP) is 12.8. The molecule has 0 aromatic heterocycles. The van der Waals surface area contributed by atoms with Crippen molar-refractivity contribution in [2.24, 2.45) is 0 Å². The first-order valence-electron chi connectivity index (χ1n) is 12.0. The third-order valence-corrected chi connectivity index (χ3v) is 6.46. The first-order valence-corrected chi connectivity index (χ1v) is 12.0. The Hall–Kier alpha value is -2.38. The van der Waals surface area contributed by atoms with Crippen LogP contribution in [0, 0.1) is 0 Å². The molecule has 0 N–H and O–H groups in total. The Kier molecular flexibility index (Phi) is 13.6. The van der Waals surface area contributed by atoms with Gasteiger partial charge in [0.05, 0.1) is 0 Å². The summed E-state index contributed by atoms with van der Waals surface area (Å²) in [6.45, 7) is -0.126. The highest BCUT2D eigenvalue weighted by molar-refractivity contribution is 5.16. The van der Waals surface area contributed by atoms with Gasteiger partial charge in [-0.15, -0.1) is 0 Å². The van der Waals surface area contributed by atoms with Crippen LogP contribution < -0.4 is 0 Å². The quantitative estimate of drug-likeness (QED) is 0.152. The van der Waals surface area contributed by atoms with Crippen molar-refractivity contribution < 1.29 is 149 Å². The molecule has 0 aliphatic carbocycles. The largest absolute Gasteiger partial charge is 0.460 e. The Morgan fingerprint density at radius 3 is 0.407 bits per heavy atom. The SMILES string of the molecule is CCC(F)(F)C(F)(F)C(F)(F)C(F)(F)C(F)(F)C(F)(F)C(F)(F)C(F)(F)F.CCC(F)(F)C(F)(F)C(F)(F)C(F)(F)C(F)(F)C(F)(F)C(F)(F)C(F)(F)F. The standard InChI is InChI=1S/2C10H5F17/c2*1-2-3(11,12)4(13,14)5(15,16)6(17,18)7(19,20)8(21,22)9(23,24)10(25,26)27/h2*2H2,1H3. The Morgan fingerprint density at radius 1 is 0.185 bits per heavy atom. The van der Waals surface area contributed by atoms with E-state index in [1.54, 1.807) is 0 Å². The molecular formula is C20H10F34. The molecule has 54 heavy (non-hydrogen) atoms. The van der Waals surface area contributed by atoms with Gasteiger partial charge in [0.2, 0.25) is 0 Å². The van der Waals surface area contributed by atoms with Gasteiger partial charge in [-0.3, -0.25) is 0 Å². The van der Waals surface area contributed by atoms with Crippen molar-refractivity contribution in [3.63, 3.8) is 0 Å². The number of alkyl halides is 34. The lowest BCUT2D eigenvalue weighted by Crippen LogP contribution is -2.74. The van der Waals surface area contributed by atoms with E-state index in [1.165, 1.54) is 0 Å². The number of hydrogen-bond acceptors (Lipinski definition) is 0.